The number of halogens is 3. The normalized spacial score (nSPS) is 18.0. The molecule has 174 valence electrons. The van der Waals surface area contributed by atoms with Gasteiger partial charge in [-0.3, -0.25) is 4.79 Å². The fraction of sp³-hybridized carbons (Fsp3) is 0.409. The van der Waals surface area contributed by atoms with Crippen molar-refractivity contribution in [2.45, 2.75) is 43.5 Å². The smallest absolute Gasteiger partial charge is 0.416 e. The number of piperazine rings is 1. The number of carbonyl (C=O) groups is 1. The van der Waals surface area contributed by atoms with Gasteiger partial charge in [0.05, 0.1) is 10.5 Å². The van der Waals surface area contributed by atoms with Crippen LogP contribution in [0.25, 0.3) is 0 Å². The van der Waals surface area contributed by atoms with Crippen LogP contribution in [0.3, 0.4) is 0 Å². The van der Waals surface area contributed by atoms with Crippen LogP contribution < -0.4 is 5.32 Å². The molecule has 1 heterocycles. The Morgan fingerprint density at radius 2 is 1.75 bits per heavy atom. The molecule has 1 saturated heterocycles. The Kier molecular flexibility index (Phi) is 7.26. The number of nitrogens with one attached hydrogen (secondary N) is 1. The zero-order valence-electron chi connectivity index (χ0n) is 17.7. The van der Waals surface area contributed by atoms with Gasteiger partial charge in [0, 0.05) is 19.6 Å². The van der Waals surface area contributed by atoms with E-state index < -0.39 is 33.8 Å². The lowest BCUT2D eigenvalue weighted by molar-refractivity contribution is -0.150. The van der Waals surface area contributed by atoms with Gasteiger partial charge in [-0.05, 0) is 41.3 Å². The van der Waals surface area contributed by atoms with Crippen LogP contribution in [0, 0.1) is 0 Å². The third-order valence-electron chi connectivity index (χ3n) is 5.28. The largest absolute Gasteiger partial charge is 0.460 e. The van der Waals surface area contributed by atoms with Crippen LogP contribution in [0.4, 0.5) is 13.2 Å². The number of hydrogen-bond acceptors (Lipinski definition) is 5. The summed E-state index contributed by atoms with van der Waals surface area (Å²) < 4.78 is 70.7. The molecule has 32 heavy (non-hydrogen) atoms. The first-order valence-corrected chi connectivity index (χ1v) is 11.6. The topological polar surface area (TPSA) is 75.7 Å². The molecule has 1 N–H and O–H groups in total. The number of sulfonamides is 1. The molecule has 0 saturated carbocycles. The average Bonchev–Trinajstić information content (AvgIpc) is 2.77. The Morgan fingerprint density at radius 1 is 1.12 bits per heavy atom. The van der Waals surface area contributed by atoms with Crippen molar-refractivity contribution in [3.63, 3.8) is 0 Å². The van der Waals surface area contributed by atoms with E-state index in [-0.39, 0.29) is 30.5 Å². The number of rotatable bonds is 6. The third kappa shape index (κ3) is 5.48. The second-order valence-electron chi connectivity index (χ2n) is 7.86. The zero-order chi connectivity index (χ0) is 23.5. The molecule has 1 fully saturated rings. The highest BCUT2D eigenvalue weighted by atomic mass is 32.2. The maximum absolute atomic E-state index is 13.2. The van der Waals surface area contributed by atoms with Gasteiger partial charge in [-0.15, -0.1) is 0 Å². The summed E-state index contributed by atoms with van der Waals surface area (Å²) in [7, 11) is -3.94. The molecule has 1 atom stereocenters. The molecule has 3 rings (SSSR count). The van der Waals surface area contributed by atoms with Crippen LogP contribution in [0.2, 0.25) is 0 Å². The maximum Gasteiger partial charge on any atom is 0.416 e. The summed E-state index contributed by atoms with van der Waals surface area (Å²) in [5.74, 6) is -0.515. The standard InChI is InChI=1S/C22H25F3N2O4S/c1-15(2)17-5-9-19(10-6-17)32(29,30)27-12-11-26-13-20(27)21(28)31-14-16-3-7-18(8-4-16)22(23,24)25/h3-10,15,20,26H,11-14H2,1-2H3. The van der Waals surface area contributed by atoms with Gasteiger partial charge in [0.1, 0.15) is 12.6 Å². The predicted molar refractivity (Wildman–Crippen MR) is 112 cm³/mol. The molecule has 1 unspecified atom stereocenters. The Hall–Kier alpha value is -2.43. The van der Waals surface area contributed by atoms with Gasteiger partial charge in [0.25, 0.3) is 0 Å². The summed E-state index contributed by atoms with van der Waals surface area (Å²) >= 11 is 0. The van der Waals surface area contributed by atoms with E-state index in [0.717, 1.165) is 22.0 Å². The Bertz CT molecular complexity index is 1040. The molecule has 0 amide bonds. The first-order chi connectivity index (χ1) is 15.0. The van der Waals surface area contributed by atoms with Gasteiger partial charge < -0.3 is 10.1 Å². The zero-order valence-corrected chi connectivity index (χ0v) is 18.5. The summed E-state index contributed by atoms with van der Waals surface area (Å²) in [5.41, 5.74) is 0.565. The van der Waals surface area contributed by atoms with E-state index in [4.69, 9.17) is 4.74 Å². The Balaban J connectivity index is 1.72. The van der Waals surface area contributed by atoms with E-state index in [0.29, 0.717) is 12.1 Å². The van der Waals surface area contributed by atoms with E-state index >= 15 is 0 Å². The molecule has 0 bridgehead atoms. The lowest BCUT2D eigenvalue weighted by Crippen LogP contribution is -2.57. The summed E-state index contributed by atoms with van der Waals surface area (Å²) in [4.78, 5) is 12.8. The SMILES string of the molecule is CC(C)c1ccc(S(=O)(=O)N2CCNCC2C(=O)OCc2ccc(C(F)(F)F)cc2)cc1. The number of carbonyl (C=O) groups excluding carboxylic acids is 1. The van der Waals surface area contributed by atoms with Crippen LogP contribution in [-0.2, 0) is 32.3 Å². The van der Waals surface area contributed by atoms with Crippen molar-refractivity contribution in [2.75, 3.05) is 19.6 Å². The fourth-order valence-corrected chi connectivity index (χ4v) is 4.95. The minimum absolute atomic E-state index is 0.0785. The van der Waals surface area contributed by atoms with E-state index in [1.54, 1.807) is 12.1 Å². The van der Waals surface area contributed by atoms with Gasteiger partial charge in [0.15, 0.2) is 0 Å². The number of esters is 1. The molecular formula is C22H25F3N2O4S. The summed E-state index contributed by atoms with van der Waals surface area (Å²) in [6.07, 6.45) is -4.45. The third-order valence-corrected chi connectivity index (χ3v) is 7.20. The van der Waals surface area contributed by atoms with Crippen LogP contribution >= 0.6 is 0 Å². The molecule has 1 aliphatic rings. The number of ether oxygens (including phenoxy) is 1. The van der Waals surface area contributed by atoms with E-state index in [9.17, 15) is 26.4 Å². The Labute approximate surface area is 185 Å². The summed E-state index contributed by atoms with van der Waals surface area (Å²) in [6, 6.07) is 9.73. The number of hydrogen-bond donors (Lipinski definition) is 1. The van der Waals surface area contributed by atoms with Crippen molar-refractivity contribution >= 4 is 16.0 Å². The molecule has 2 aromatic carbocycles. The first kappa shape index (κ1) is 24.2. The number of alkyl halides is 3. The lowest BCUT2D eigenvalue weighted by atomic mass is 10.0. The van der Waals surface area contributed by atoms with Gasteiger partial charge in [-0.1, -0.05) is 38.1 Å². The predicted octanol–water partition coefficient (Wildman–Crippen LogP) is 3.53. The molecular weight excluding hydrogens is 445 g/mol. The molecule has 0 aliphatic carbocycles. The monoisotopic (exact) mass is 470 g/mol. The minimum Gasteiger partial charge on any atom is -0.460 e. The average molecular weight is 471 g/mol. The van der Waals surface area contributed by atoms with Crippen LogP contribution in [0.1, 0.15) is 36.5 Å². The van der Waals surface area contributed by atoms with Gasteiger partial charge >= 0.3 is 12.1 Å². The quantitative estimate of drug-likeness (QED) is 0.654. The van der Waals surface area contributed by atoms with Gasteiger partial charge in [-0.2, -0.15) is 17.5 Å². The highest BCUT2D eigenvalue weighted by molar-refractivity contribution is 7.89. The highest BCUT2D eigenvalue weighted by Gasteiger charge is 2.38. The highest BCUT2D eigenvalue weighted by Crippen LogP contribution is 2.29. The molecule has 6 nitrogen and oxygen atoms in total. The number of nitrogens with zero attached hydrogens (tertiary/aromatic N) is 1. The maximum atomic E-state index is 13.2. The van der Waals surface area contributed by atoms with Crippen LogP contribution in [-0.4, -0.2) is 44.4 Å². The number of benzene rings is 2. The fourth-order valence-electron chi connectivity index (χ4n) is 3.37. The Morgan fingerprint density at radius 3 is 2.31 bits per heavy atom. The first-order valence-electron chi connectivity index (χ1n) is 10.2. The second kappa shape index (κ2) is 9.60. The van der Waals surface area contributed by atoms with Crippen molar-refractivity contribution in [1.29, 1.82) is 0 Å². The molecule has 0 aromatic heterocycles. The summed E-state index contributed by atoms with van der Waals surface area (Å²) in [6.45, 7) is 4.30. The van der Waals surface area contributed by atoms with E-state index in [2.05, 4.69) is 5.32 Å². The van der Waals surface area contributed by atoms with Gasteiger partial charge in [0.2, 0.25) is 10.0 Å². The van der Waals surface area contributed by atoms with Crippen molar-refractivity contribution in [3.05, 3.63) is 65.2 Å². The minimum atomic E-state index is -4.45. The molecule has 10 heteroatoms. The molecule has 1 aliphatic heterocycles. The molecule has 0 spiro atoms. The second-order valence-corrected chi connectivity index (χ2v) is 9.75. The van der Waals surface area contributed by atoms with Crippen molar-refractivity contribution in [2.24, 2.45) is 0 Å². The molecule has 2 aromatic rings. The lowest BCUT2D eigenvalue weighted by Gasteiger charge is -2.33. The van der Waals surface area contributed by atoms with Crippen LogP contribution in [0.5, 0.6) is 0 Å². The van der Waals surface area contributed by atoms with E-state index in [1.165, 1.54) is 24.3 Å². The van der Waals surface area contributed by atoms with E-state index in [1.807, 2.05) is 13.8 Å². The summed E-state index contributed by atoms with van der Waals surface area (Å²) in [5, 5.41) is 2.98. The van der Waals surface area contributed by atoms with Crippen molar-refractivity contribution < 1.29 is 31.1 Å². The molecule has 0 radical (unpaired) electrons. The van der Waals surface area contributed by atoms with Crippen molar-refractivity contribution in [3.8, 4) is 0 Å². The van der Waals surface area contributed by atoms with Crippen LogP contribution in [0.15, 0.2) is 53.4 Å². The van der Waals surface area contributed by atoms with Crippen molar-refractivity contribution in [1.82, 2.24) is 9.62 Å². The van der Waals surface area contributed by atoms with Gasteiger partial charge in [-0.25, -0.2) is 8.42 Å².